The van der Waals surface area contributed by atoms with Crippen molar-refractivity contribution < 1.29 is 14.3 Å². The Balaban J connectivity index is 2.16. The summed E-state index contributed by atoms with van der Waals surface area (Å²) in [6, 6.07) is -0.619. The Morgan fingerprint density at radius 3 is 3.12 bits per heavy atom. The third kappa shape index (κ3) is 2.26. The maximum Gasteiger partial charge on any atom is 0.292 e. The zero-order chi connectivity index (χ0) is 12.3. The molecule has 1 aromatic rings. The highest BCUT2D eigenvalue weighted by atomic mass is 16.5. The predicted molar refractivity (Wildman–Crippen MR) is 56.1 cm³/mol. The van der Waals surface area contributed by atoms with Crippen molar-refractivity contribution in [2.75, 3.05) is 26.8 Å². The molecule has 1 saturated heterocycles. The summed E-state index contributed by atoms with van der Waals surface area (Å²) in [6.07, 6.45) is 1.25. The fraction of sp³-hybridized carbons (Fsp3) is 0.556. The quantitative estimate of drug-likeness (QED) is 0.647. The predicted octanol–water partition coefficient (Wildman–Crippen LogP) is -1.61. The van der Waals surface area contributed by atoms with E-state index in [9.17, 15) is 9.59 Å². The van der Waals surface area contributed by atoms with Crippen LogP contribution >= 0.6 is 0 Å². The minimum Gasteiger partial charge on any atom is -0.377 e. The molecule has 0 aromatic carbocycles. The zero-order valence-corrected chi connectivity index (χ0v) is 9.34. The largest absolute Gasteiger partial charge is 0.377 e. The van der Waals surface area contributed by atoms with E-state index in [1.165, 1.54) is 18.3 Å². The summed E-state index contributed by atoms with van der Waals surface area (Å²) in [4.78, 5) is 28.9. The highest BCUT2D eigenvalue weighted by Crippen LogP contribution is 2.10. The van der Waals surface area contributed by atoms with E-state index in [1.54, 1.807) is 0 Å². The van der Waals surface area contributed by atoms with Crippen LogP contribution in [-0.4, -0.2) is 64.7 Å². The van der Waals surface area contributed by atoms with E-state index in [2.05, 4.69) is 20.5 Å². The molecule has 1 aliphatic rings. The van der Waals surface area contributed by atoms with E-state index in [0.717, 1.165) is 0 Å². The molecule has 17 heavy (non-hydrogen) atoms. The summed E-state index contributed by atoms with van der Waals surface area (Å²) >= 11 is 0. The molecule has 92 valence electrons. The number of aromatic nitrogens is 3. The number of H-pyrrole nitrogens is 1. The topological polar surface area (TPSA) is 100 Å². The molecule has 0 radical (unpaired) electrons. The van der Waals surface area contributed by atoms with Crippen molar-refractivity contribution in [3.63, 3.8) is 0 Å². The molecular formula is C9H13N5O3. The number of hydrogen-bond acceptors (Lipinski definition) is 5. The van der Waals surface area contributed by atoms with Gasteiger partial charge in [0, 0.05) is 13.6 Å². The zero-order valence-electron chi connectivity index (χ0n) is 9.34. The highest BCUT2D eigenvalue weighted by molar-refractivity contribution is 5.94. The van der Waals surface area contributed by atoms with E-state index in [4.69, 9.17) is 4.74 Å². The third-order valence-electron chi connectivity index (χ3n) is 2.56. The Kier molecular flexibility index (Phi) is 3.33. The molecule has 8 heteroatoms. The maximum absolute atomic E-state index is 12.0. The molecule has 2 heterocycles. The lowest BCUT2D eigenvalue weighted by Gasteiger charge is -2.33. The van der Waals surface area contributed by atoms with E-state index in [0.29, 0.717) is 13.2 Å². The number of aromatic amines is 1. The van der Waals surface area contributed by atoms with Crippen LogP contribution in [-0.2, 0) is 9.53 Å². The van der Waals surface area contributed by atoms with Gasteiger partial charge in [-0.15, -0.1) is 0 Å². The number of carbonyl (C=O) groups excluding carboxylic acids is 2. The van der Waals surface area contributed by atoms with Crippen LogP contribution < -0.4 is 5.32 Å². The molecule has 1 atom stereocenters. The van der Waals surface area contributed by atoms with Gasteiger partial charge in [0.1, 0.15) is 12.4 Å². The standard InChI is InChI=1S/C9H13N5O3/c1-10-8(15)6-4-17-3-2-14(6)9(16)7-11-5-12-13-7/h5-6H,2-4H2,1H3,(H,10,15)(H,11,12,13). The number of carbonyl (C=O) groups is 2. The lowest BCUT2D eigenvalue weighted by molar-refractivity contribution is -0.130. The molecule has 1 unspecified atom stereocenters. The fourth-order valence-electron chi connectivity index (χ4n) is 1.68. The average Bonchev–Trinajstić information content (AvgIpc) is 2.91. The van der Waals surface area contributed by atoms with Crippen molar-refractivity contribution >= 4 is 11.8 Å². The Labute approximate surface area is 97.3 Å². The molecular weight excluding hydrogens is 226 g/mol. The fourth-order valence-corrected chi connectivity index (χ4v) is 1.68. The highest BCUT2D eigenvalue weighted by Gasteiger charge is 2.33. The van der Waals surface area contributed by atoms with Crippen molar-refractivity contribution in [2.45, 2.75) is 6.04 Å². The maximum atomic E-state index is 12.0. The van der Waals surface area contributed by atoms with Gasteiger partial charge in [0.2, 0.25) is 11.7 Å². The van der Waals surface area contributed by atoms with Crippen LogP contribution in [0.3, 0.4) is 0 Å². The minimum absolute atomic E-state index is 0.126. The molecule has 0 spiro atoms. The smallest absolute Gasteiger partial charge is 0.292 e. The Morgan fingerprint density at radius 2 is 2.47 bits per heavy atom. The van der Waals surface area contributed by atoms with Gasteiger partial charge in [0.05, 0.1) is 13.2 Å². The number of nitrogens with zero attached hydrogens (tertiary/aromatic N) is 3. The summed E-state index contributed by atoms with van der Waals surface area (Å²) in [6.45, 7) is 0.963. The summed E-state index contributed by atoms with van der Waals surface area (Å²) in [7, 11) is 1.52. The Hall–Kier alpha value is -1.96. The SMILES string of the molecule is CNC(=O)C1COCCN1C(=O)c1ncn[nH]1. The molecule has 8 nitrogen and oxygen atoms in total. The van der Waals surface area contributed by atoms with Crippen LogP contribution in [0.1, 0.15) is 10.6 Å². The van der Waals surface area contributed by atoms with E-state index in [-0.39, 0.29) is 24.2 Å². The molecule has 1 aromatic heterocycles. The summed E-state index contributed by atoms with van der Waals surface area (Å²) < 4.78 is 5.20. The lowest BCUT2D eigenvalue weighted by Crippen LogP contribution is -2.55. The van der Waals surface area contributed by atoms with Gasteiger partial charge in [-0.1, -0.05) is 0 Å². The molecule has 0 aliphatic carbocycles. The first kappa shape index (κ1) is 11.5. The van der Waals surface area contributed by atoms with E-state index in [1.807, 2.05) is 0 Å². The molecule has 2 amide bonds. The minimum atomic E-state index is -0.619. The van der Waals surface area contributed by atoms with Crippen molar-refractivity contribution in [1.29, 1.82) is 0 Å². The van der Waals surface area contributed by atoms with Crippen molar-refractivity contribution in [3.8, 4) is 0 Å². The van der Waals surface area contributed by atoms with Gasteiger partial charge in [-0.05, 0) is 0 Å². The van der Waals surface area contributed by atoms with Gasteiger partial charge in [0.15, 0.2) is 0 Å². The number of nitrogens with one attached hydrogen (secondary N) is 2. The Bertz CT molecular complexity index is 405. The van der Waals surface area contributed by atoms with Crippen LogP contribution in [0.5, 0.6) is 0 Å². The van der Waals surface area contributed by atoms with Gasteiger partial charge in [-0.25, -0.2) is 4.98 Å². The second-order valence-corrected chi connectivity index (χ2v) is 3.54. The van der Waals surface area contributed by atoms with Crippen LogP contribution in [0.2, 0.25) is 0 Å². The van der Waals surface area contributed by atoms with Gasteiger partial charge in [0.25, 0.3) is 5.91 Å². The van der Waals surface area contributed by atoms with Gasteiger partial charge < -0.3 is 15.0 Å². The molecule has 0 bridgehead atoms. The summed E-state index contributed by atoms with van der Waals surface area (Å²) in [5.41, 5.74) is 0. The van der Waals surface area contributed by atoms with Gasteiger partial charge in [-0.3, -0.25) is 14.7 Å². The number of ether oxygens (including phenoxy) is 1. The molecule has 0 saturated carbocycles. The van der Waals surface area contributed by atoms with E-state index < -0.39 is 6.04 Å². The summed E-state index contributed by atoms with van der Waals surface area (Å²) in [5.74, 6) is -0.474. The number of amides is 2. The van der Waals surface area contributed by atoms with Gasteiger partial charge >= 0.3 is 0 Å². The first-order valence-corrected chi connectivity index (χ1v) is 5.19. The number of likely N-dealkylation sites (N-methyl/N-ethyl adjacent to an activating group) is 1. The average molecular weight is 239 g/mol. The second kappa shape index (κ2) is 4.91. The van der Waals surface area contributed by atoms with Crippen molar-refractivity contribution in [2.24, 2.45) is 0 Å². The third-order valence-corrected chi connectivity index (χ3v) is 2.56. The molecule has 1 aliphatic heterocycles. The first-order chi connectivity index (χ1) is 8.24. The monoisotopic (exact) mass is 239 g/mol. The van der Waals surface area contributed by atoms with Crippen LogP contribution in [0.4, 0.5) is 0 Å². The molecule has 1 fully saturated rings. The normalized spacial score (nSPS) is 20.1. The van der Waals surface area contributed by atoms with Gasteiger partial charge in [-0.2, -0.15) is 5.10 Å². The number of morpholine rings is 1. The molecule has 2 N–H and O–H groups in total. The number of rotatable bonds is 2. The van der Waals surface area contributed by atoms with Crippen LogP contribution in [0.15, 0.2) is 6.33 Å². The van der Waals surface area contributed by atoms with E-state index >= 15 is 0 Å². The van der Waals surface area contributed by atoms with Crippen LogP contribution in [0, 0.1) is 0 Å². The Morgan fingerprint density at radius 1 is 1.65 bits per heavy atom. The van der Waals surface area contributed by atoms with Crippen LogP contribution in [0.25, 0.3) is 0 Å². The second-order valence-electron chi connectivity index (χ2n) is 3.54. The van der Waals surface area contributed by atoms with Crippen molar-refractivity contribution in [3.05, 3.63) is 12.2 Å². The first-order valence-electron chi connectivity index (χ1n) is 5.19. The van der Waals surface area contributed by atoms with Crippen molar-refractivity contribution in [1.82, 2.24) is 25.4 Å². The summed E-state index contributed by atoms with van der Waals surface area (Å²) in [5, 5.41) is 8.61. The molecule has 2 rings (SSSR count). The lowest BCUT2D eigenvalue weighted by atomic mass is 10.2. The number of hydrogen-bond donors (Lipinski definition) is 2.